The lowest BCUT2D eigenvalue weighted by Gasteiger charge is -2.11. The highest BCUT2D eigenvalue weighted by atomic mass is 35.5. The van der Waals surface area contributed by atoms with E-state index in [1.54, 1.807) is 123 Å². The highest BCUT2D eigenvalue weighted by molar-refractivity contribution is 7.86. The standard InChI is InChI=1S/C25H18Cl2N6O4S.C25H23N3O2.C24H21N3O5S/c1-12-3-6-18-14(9-12)4-8-19(22(18)38(35,36)37)32-33-20-13(2)10-15-11-16(5-7-17(15)21(20)34)28-25-30-23(26)29-24(27)31-25;1-14-9-15(2)23-13-21(6-5-18(23)10-14)27-28-24-16(3)11-19-12-20(26-17(4)29)7-8-22(19)25(24)30;1-13-4-7-20-16(10-13)5-9-21(24(20)33(30,31)32)26-27-22-14(2)11-17-12-18(25-15(3)28)6-8-19(17)23(22)29/h3-11,34H,1-2H3,(H,35,36,37)(H,28,29,30,31);5-13,30H,1-4H3,(H,26,29);4-12,29H,1-3H3,(H,25,28)(H,30,31,32). The Morgan fingerprint density at radius 1 is 0.376 bits per heavy atom. The summed E-state index contributed by atoms with van der Waals surface area (Å²) in [6.07, 6.45) is 0. The third kappa shape index (κ3) is 16.0. The summed E-state index contributed by atoms with van der Waals surface area (Å²) in [5.41, 5.74) is 9.53. The Bertz CT molecular complexity index is 5940. The third-order valence-electron chi connectivity index (χ3n) is 16.1. The van der Waals surface area contributed by atoms with Crippen molar-refractivity contribution in [2.45, 2.75) is 72.1 Å². The Hall–Kier alpha value is -11.5. The molecule has 1 aromatic heterocycles. The van der Waals surface area contributed by atoms with Crippen LogP contribution in [0.15, 0.2) is 204 Å². The van der Waals surface area contributed by atoms with E-state index >= 15 is 0 Å². The van der Waals surface area contributed by atoms with Crippen molar-refractivity contribution >= 4 is 177 Å². The number of hydrogen-bond acceptors (Lipinski definition) is 19. The van der Waals surface area contributed by atoms with Gasteiger partial charge in [0.1, 0.15) is 38.2 Å². The highest BCUT2D eigenvalue weighted by Gasteiger charge is 2.23. The van der Waals surface area contributed by atoms with Gasteiger partial charge in [-0.25, -0.2) is 0 Å². The number of fused-ring (bicyclic) bond motifs is 6. The summed E-state index contributed by atoms with van der Waals surface area (Å²) in [6.45, 7) is 16.1. The summed E-state index contributed by atoms with van der Waals surface area (Å²) in [7, 11) is -9.22. The number of aromatic hydroxyl groups is 3. The fourth-order valence-corrected chi connectivity index (χ4v) is 13.7. The molecule has 27 heteroatoms. The Kier molecular flexibility index (Phi) is 20.2. The molecule has 12 aromatic carbocycles. The molecule has 0 saturated heterocycles. The van der Waals surface area contributed by atoms with E-state index in [1.807, 2.05) is 51.1 Å². The molecule has 0 aliphatic heterocycles. The van der Waals surface area contributed by atoms with Gasteiger partial charge >= 0.3 is 0 Å². The van der Waals surface area contributed by atoms with Crippen LogP contribution in [0.1, 0.15) is 52.8 Å². The highest BCUT2D eigenvalue weighted by Crippen LogP contribution is 2.45. The minimum atomic E-state index is -4.62. The molecule has 0 saturated carbocycles. The zero-order valence-corrected chi connectivity index (χ0v) is 58.5. The third-order valence-corrected chi connectivity index (χ3v) is 18.3. The van der Waals surface area contributed by atoms with E-state index < -0.39 is 20.2 Å². The molecule has 0 spiro atoms. The van der Waals surface area contributed by atoms with Crippen molar-refractivity contribution in [1.29, 1.82) is 0 Å². The number of nitrogens with zero attached hydrogens (tertiary/aromatic N) is 9. The van der Waals surface area contributed by atoms with Gasteiger partial charge in [0.25, 0.3) is 20.2 Å². The molecule has 13 aromatic rings. The quantitative estimate of drug-likeness (QED) is 0.0416. The Labute approximate surface area is 588 Å². The molecule has 8 N–H and O–H groups in total. The Balaban J connectivity index is 0.000000154. The van der Waals surface area contributed by atoms with Gasteiger partial charge in [0.2, 0.25) is 28.3 Å². The molecule has 2 amide bonds. The number of amides is 2. The van der Waals surface area contributed by atoms with Gasteiger partial charge in [-0.2, -0.15) is 36.9 Å². The fraction of sp³-hybridized carbons (Fsp3) is 0.122. The lowest BCUT2D eigenvalue weighted by Crippen LogP contribution is -2.05. The maximum atomic E-state index is 12.2. The summed E-state index contributed by atoms with van der Waals surface area (Å²) in [6, 6.07) is 47.9. The molecular formula is C74H62Cl2N12O11S2. The number of phenolic OH excluding ortho intramolecular Hbond substituents is 3. The molecule has 0 atom stereocenters. The van der Waals surface area contributed by atoms with E-state index in [0.29, 0.717) is 82.4 Å². The second kappa shape index (κ2) is 28.8. The molecule has 510 valence electrons. The van der Waals surface area contributed by atoms with Crippen LogP contribution < -0.4 is 16.0 Å². The molecule has 0 radical (unpaired) electrons. The van der Waals surface area contributed by atoms with Crippen molar-refractivity contribution in [3.63, 3.8) is 0 Å². The number of aryl methyl sites for hydroxylation is 7. The first-order valence-corrected chi connectivity index (χ1v) is 34.5. The van der Waals surface area contributed by atoms with Gasteiger partial charge < -0.3 is 31.3 Å². The molecule has 0 bridgehead atoms. The zero-order valence-electron chi connectivity index (χ0n) is 55.4. The van der Waals surface area contributed by atoms with Crippen molar-refractivity contribution < 1.29 is 50.8 Å². The van der Waals surface area contributed by atoms with Crippen molar-refractivity contribution in [3.8, 4) is 17.2 Å². The zero-order chi connectivity index (χ0) is 72.5. The van der Waals surface area contributed by atoms with E-state index in [1.165, 1.54) is 42.5 Å². The van der Waals surface area contributed by atoms with Crippen LogP contribution in [0.3, 0.4) is 0 Å². The summed E-state index contributed by atoms with van der Waals surface area (Å²) in [5.74, 6) is -0.390. The number of nitrogens with one attached hydrogen (secondary N) is 3. The van der Waals surface area contributed by atoms with Crippen LogP contribution in [0.2, 0.25) is 10.6 Å². The van der Waals surface area contributed by atoms with Crippen LogP contribution in [-0.2, 0) is 29.8 Å². The van der Waals surface area contributed by atoms with Gasteiger partial charge in [0.05, 0.1) is 5.69 Å². The lowest BCUT2D eigenvalue weighted by atomic mass is 10.0. The van der Waals surface area contributed by atoms with Gasteiger partial charge in [0, 0.05) is 57.8 Å². The molecule has 13 rings (SSSR count). The maximum Gasteiger partial charge on any atom is 0.297 e. The first kappa shape index (κ1) is 70.9. The van der Waals surface area contributed by atoms with Crippen molar-refractivity contribution in [3.05, 3.63) is 213 Å². The average molecular weight is 1430 g/mol. The first-order valence-electron chi connectivity index (χ1n) is 30.8. The molecule has 23 nitrogen and oxygen atoms in total. The number of aromatic nitrogens is 3. The number of carbonyl (C=O) groups is 2. The van der Waals surface area contributed by atoms with Crippen molar-refractivity contribution in [2.75, 3.05) is 16.0 Å². The van der Waals surface area contributed by atoms with Crippen molar-refractivity contribution in [2.24, 2.45) is 30.7 Å². The van der Waals surface area contributed by atoms with Gasteiger partial charge in [-0.15, -0.1) is 25.6 Å². The number of rotatable bonds is 12. The SMILES string of the molecule is CC(=O)Nc1ccc2c(O)c(N=Nc3ccc4cc(C)cc(C)c4c3)c(C)cc2c1.CC(=O)Nc1ccc2c(O)c(N=Nc3ccc4cc(C)ccc4c3S(=O)(=O)O)c(C)cc2c1.Cc1ccc2c(S(=O)(=O)O)c(N=Nc3c(C)cc4cc(Nc5nc(Cl)nc(Cl)n5)ccc4c3O)ccc2c1. The van der Waals surface area contributed by atoms with Crippen LogP contribution >= 0.6 is 23.2 Å². The number of benzene rings is 12. The van der Waals surface area contributed by atoms with Crippen LogP contribution in [0, 0.1) is 48.5 Å². The summed E-state index contributed by atoms with van der Waals surface area (Å²) in [4.78, 5) is 33.5. The van der Waals surface area contributed by atoms with Crippen LogP contribution in [0.25, 0.3) is 64.6 Å². The Morgan fingerprint density at radius 3 is 1.18 bits per heavy atom. The molecule has 1 heterocycles. The van der Waals surface area contributed by atoms with Crippen LogP contribution in [0.4, 0.5) is 57.1 Å². The molecule has 101 heavy (non-hydrogen) atoms. The number of halogens is 2. The minimum absolute atomic E-state index is 0.0474. The average Bonchev–Trinajstić information content (AvgIpc) is 0.790. The smallest absolute Gasteiger partial charge is 0.297 e. The summed E-state index contributed by atoms with van der Waals surface area (Å²) < 4.78 is 68.6. The maximum absolute atomic E-state index is 12.2. The molecule has 0 aliphatic carbocycles. The van der Waals surface area contributed by atoms with E-state index in [-0.39, 0.29) is 78.1 Å². The number of anilines is 4. The van der Waals surface area contributed by atoms with Crippen LogP contribution in [-0.4, -0.2) is 68.0 Å². The van der Waals surface area contributed by atoms with Gasteiger partial charge in [-0.1, -0.05) is 83.4 Å². The normalized spacial score (nSPS) is 11.9. The topological polar surface area (TPSA) is 352 Å². The summed E-state index contributed by atoms with van der Waals surface area (Å²) >= 11 is 11.7. The van der Waals surface area contributed by atoms with Gasteiger partial charge in [-0.05, 0) is 229 Å². The van der Waals surface area contributed by atoms with Gasteiger partial charge in [0.15, 0.2) is 17.2 Å². The number of azo groups is 3. The molecule has 0 aliphatic rings. The monoisotopic (exact) mass is 1430 g/mol. The first-order chi connectivity index (χ1) is 47.8. The second-order valence-corrected chi connectivity index (χ2v) is 27.4. The van der Waals surface area contributed by atoms with Crippen LogP contribution in [0.5, 0.6) is 17.2 Å². The van der Waals surface area contributed by atoms with E-state index in [0.717, 1.165) is 33.2 Å². The number of hydrogen-bond donors (Lipinski definition) is 8. The number of carbonyl (C=O) groups excluding carboxylic acids is 2. The lowest BCUT2D eigenvalue weighted by molar-refractivity contribution is -0.115. The minimum Gasteiger partial charge on any atom is -0.505 e. The van der Waals surface area contributed by atoms with E-state index in [9.17, 15) is 50.8 Å². The van der Waals surface area contributed by atoms with E-state index in [2.05, 4.69) is 87.6 Å². The fourth-order valence-electron chi connectivity index (χ4n) is 11.7. The molecular weight excluding hydrogens is 1370 g/mol. The number of phenols is 3. The predicted molar refractivity (Wildman–Crippen MR) is 396 cm³/mol. The molecule has 0 unspecified atom stereocenters. The predicted octanol–water partition coefficient (Wildman–Crippen LogP) is 20.1. The largest absolute Gasteiger partial charge is 0.505 e. The Morgan fingerprint density at radius 2 is 0.752 bits per heavy atom. The summed E-state index contributed by atoms with van der Waals surface area (Å²) in [5, 5.41) is 74.1. The van der Waals surface area contributed by atoms with Gasteiger partial charge in [-0.3, -0.25) is 18.7 Å². The van der Waals surface area contributed by atoms with E-state index in [4.69, 9.17) is 23.2 Å². The second-order valence-electron chi connectivity index (χ2n) is 24.0. The molecule has 0 fully saturated rings. The van der Waals surface area contributed by atoms with Crippen molar-refractivity contribution in [1.82, 2.24) is 15.0 Å².